The molecule has 0 amide bonds. The van der Waals surface area contributed by atoms with Gasteiger partial charge >= 0.3 is 0 Å². The Morgan fingerprint density at radius 1 is 1.27 bits per heavy atom. The lowest BCUT2D eigenvalue weighted by molar-refractivity contribution is 0.0637. The molecule has 1 N–H and O–H groups in total. The van der Waals surface area contributed by atoms with E-state index in [1.54, 1.807) is 0 Å². The van der Waals surface area contributed by atoms with Crippen molar-refractivity contribution in [2.75, 3.05) is 13.2 Å². The van der Waals surface area contributed by atoms with Gasteiger partial charge in [0.2, 0.25) is 5.88 Å². The average Bonchev–Trinajstić information content (AvgIpc) is 2.83. The predicted octanol–water partition coefficient (Wildman–Crippen LogP) is 1.43. The molecule has 1 fully saturated rings. The Hall–Kier alpha value is -1.03. The molecule has 1 saturated heterocycles. The number of nitrogens with zero attached hydrogens (tertiary/aromatic N) is 2. The van der Waals surface area contributed by atoms with Gasteiger partial charge in [0, 0.05) is 18.8 Å². The van der Waals surface area contributed by atoms with Crippen LogP contribution in [0, 0.1) is 0 Å². The first kappa shape index (κ1) is 9.21. The van der Waals surface area contributed by atoms with Gasteiger partial charge in [0.05, 0.1) is 11.7 Å². The second kappa shape index (κ2) is 3.52. The number of hydrogen-bond acceptors (Lipinski definition) is 3. The number of rotatable bonds is 1. The minimum absolute atomic E-state index is 0.337. The number of aromatic hydroxyl groups is 1. The Bertz CT molecular complexity index is 367. The third-order valence-electron chi connectivity index (χ3n) is 3.44. The van der Waals surface area contributed by atoms with E-state index in [4.69, 9.17) is 4.74 Å². The summed E-state index contributed by atoms with van der Waals surface area (Å²) in [6, 6.07) is 0.337. The quantitative estimate of drug-likeness (QED) is 0.759. The number of ether oxygens (including phenoxy) is 1. The maximum absolute atomic E-state index is 10.1. The van der Waals surface area contributed by atoms with Gasteiger partial charge in [-0.1, -0.05) is 0 Å². The van der Waals surface area contributed by atoms with Crippen LogP contribution < -0.4 is 0 Å². The number of aryl methyl sites for hydroxylation is 1. The fraction of sp³-hybridized carbons (Fsp3) is 0.727. The molecule has 1 aliphatic carbocycles. The van der Waals surface area contributed by atoms with Crippen molar-refractivity contribution < 1.29 is 9.84 Å². The predicted molar refractivity (Wildman–Crippen MR) is 55.0 cm³/mol. The van der Waals surface area contributed by atoms with Crippen molar-refractivity contribution in [3.05, 3.63) is 11.3 Å². The molecule has 82 valence electrons. The van der Waals surface area contributed by atoms with Crippen molar-refractivity contribution in [1.29, 1.82) is 0 Å². The van der Waals surface area contributed by atoms with Gasteiger partial charge in [-0.2, -0.15) is 5.10 Å². The molecule has 15 heavy (non-hydrogen) atoms. The molecule has 0 spiro atoms. The first-order valence-electron chi connectivity index (χ1n) is 5.73. The fourth-order valence-corrected chi connectivity index (χ4v) is 2.58. The summed E-state index contributed by atoms with van der Waals surface area (Å²) in [4.78, 5) is 0. The van der Waals surface area contributed by atoms with Crippen molar-refractivity contribution in [2.45, 2.75) is 38.1 Å². The lowest BCUT2D eigenvalue weighted by atomic mass is 10.1. The molecule has 0 aromatic carbocycles. The lowest BCUT2D eigenvalue weighted by Crippen LogP contribution is -2.20. The Kier molecular flexibility index (Phi) is 2.16. The Labute approximate surface area is 88.9 Å². The molecule has 2 aliphatic rings. The highest BCUT2D eigenvalue weighted by molar-refractivity contribution is 5.34. The Balaban J connectivity index is 1.91. The molecule has 1 aliphatic heterocycles. The highest BCUT2D eigenvalue weighted by Crippen LogP contribution is 2.34. The summed E-state index contributed by atoms with van der Waals surface area (Å²) in [6.07, 6.45) is 5.09. The van der Waals surface area contributed by atoms with Crippen LogP contribution >= 0.6 is 0 Å². The first-order chi connectivity index (χ1) is 7.36. The molecule has 0 bridgehead atoms. The SMILES string of the molecule is Oc1c2c(nn1C1CCOCC1)CCC2. The van der Waals surface area contributed by atoms with E-state index in [0.717, 1.165) is 56.6 Å². The van der Waals surface area contributed by atoms with Crippen LogP contribution in [0.1, 0.15) is 36.6 Å². The van der Waals surface area contributed by atoms with Gasteiger partial charge in [-0.25, -0.2) is 4.68 Å². The van der Waals surface area contributed by atoms with E-state index < -0.39 is 0 Å². The summed E-state index contributed by atoms with van der Waals surface area (Å²) >= 11 is 0. The van der Waals surface area contributed by atoms with Crippen molar-refractivity contribution in [3.63, 3.8) is 0 Å². The van der Waals surface area contributed by atoms with Crippen LogP contribution in [0.25, 0.3) is 0 Å². The van der Waals surface area contributed by atoms with Crippen LogP contribution in [0.2, 0.25) is 0 Å². The molecule has 0 saturated carbocycles. The van der Waals surface area contributed by atoms with Crippen LogP contribution in [0.4, 0.5) is 0 Å². The largest absolute Gasteiger partial charge is 0.493 e. The molecule has 1 aromatic heterocycles. The summed E-state index contributed by atoms with van der Waals surface area (Å²) in [7, 11) is 0. The third-order valence-corrected chi connectivity index (χ3v) is 3.44. The standard InChI is InChI=1S/C11H16N2O2/c14-11-9-2-1-3-10(9)12-13(11)8-4-6-15-7-5-8/h8,14H,1-7H2. The van der Waals surface area contributed by atoms with Crippen molar-refractivity contribution >= 4 is 0 Å². The molecule has 4 nitrogen and oxygen atoms in total. The maximum atomic E-state index is 10.1. The zero-order valence-corrected chi connectivity index (χ0v) is 8.78. The van der Waals surface area contributed by atoms with Gasteiger partial charge in [0.1, 0.15) is 0 Å². The van der Waals surface area contributed by atoms with Crippen LogP contribution in [0.15, 0.2) is 0 Å². The second-order valence-electron chi connectivity index (χ2n) is 4.39. The molecule has 0 radical (unpaired) electrons. The summed E-state index contributed by atoms with van der Waals surface area (Å²) in [5.74, 6) is 0.411. The van der Waals surface area contributed by atoms with Crippen molar-refractivity contribution in [1.82, 2.24) is 9.78 Å². The van der Waals surface area contributed by atoms with E-state index in [2.05, 4.69) is 5.10 Å². The van der Waals surface area contributed by atoms with Crippen LogP contribution in [0.3, 0.4) is 0 Å². The van der Waals surface area contributed by atoms with Gasteiger partial charge in [-0.15, -0.1) is 0 Å². The van der Waals surface area contributed by atoms with E-state index in [9.17, 15) is 5.11 Å². The minimum atomic E-state index is 0.337. The first-order valence-corrected chi connectivity index (χ1v) is 5.73. The molecule has 2 heterocycles. The van der Waals surface area contributed by atoms with E-state index in [0.29, 0.717) is 11.9 Å². The van der Waals surface area contributed by atoms with Crippen LogP contribution in [-0.2, 0) is 17.6 Å². The zero-order chi connectivity index (χ0) is 10.3. The average molecular weight is 208 g/mol. The van der Waals surface area contributed by atoms with Gasteiger partial charge in [0.25, 0.3) is 0 Å². The number of fused-ring (bicyclic) bond motifs is 1. The topological polar surface area (TPSA) is 47.3 Å². The molecule has 0 atom stereocenters. The maximum Gasteiger partial charge on any atom is 0.213 e. The number of aromatic nitrogens is 2. The molecule has 3 rings (SSSR count). The summed E-state index contributed by atoms with van der Waals surface area (Å²) in [6.45, 7) is 1.57. The fourth-order valence-electron chi connectivity index (χ4n) is 2.58. The minimum Gasteiger partial charge on any atom is -0.493 e. The summed E-state index contributed by atoms with van der Waals surface area (Å²) < 4.78 is 7.14. The monoisotopic (exact) mass is 208 g/mol. The molecular formula is C11H16N2O2. The van der Waals surface area contributed by atoms with Crippen molar-refractivity contribution in [3.8, 4) is 5.88 Å². The summed E-state index contributed by atoms with van der Waals surface area (Å²) in [5, 5.41) is 14.6. The van der Waals surface area contributed by atoms with E-state index in [1.807, 2.05) is 4.68 Å². The second-order valence-corrected chi connectivity index (χ2v) is 4.39. The normalized spacial score (nSPS) is 21.9. The van der Waals surface area contributed by atoms with Crippen LogP contribution in [0.5, 0.6) is 5.88 Å². The van der Waals surface area contributed by atoms with E-state index >= 15 is 0 Å². The van der Waals surface area contributed by atoms with Gasteiger partial charge in [0.15, 0.2) is 0 Å². The van der Waals surface area contributed by atoms with Crippen molar-refractivity contribution in [2.24, 2.45) is 0 Å². The van der Waals surface area contributed by atoms with E-state index in [1.165, 1.54) is 0 Å². The zero-order valence-electron chi connectivity index (χ0n) is 8.78. The van der Waals surface area contributed by atoms with Gasteiger partial charge < -0.3 is 9.84 Å². The van der Waals surface area contributed by atoms with E-state index in [-0.39, 0.29) is 0 Å². The lowest BCUT2D eigenvalue weighted by Gasteiger charge is -2.23. The summed E-state index contributed by atoms with van der Waals surface area (Å²) in [5.41, 5.74) is 2.19. The highest BCUT2D eigenvalue weighted by Gasteiger charge is 2.26. The Morgan fingerprint density at radius 2 is 2.07 bits per heavy atom. The van der Waals surface area contributed by atoms with Crippen LogP contribution in [-0.4, -0.2) is 28.1 Å². The molecule has 1 aromatic rings. The van der Waals surface area contributed by atoms with Gasteiger partial charge in [-0.05, 0) is 32.1 Å². The smallest absolute Gasteiger partial charge is 0.213 e. The molecular weight excluding hydrogens is 192 g/mol. The van der Waals surface area contributed by atoms with Gasteiger partial charge in [-0.3, -0.25) is 0 Å². The Morgan fingerprint density at radius 3 is 2.80 bits per heavy atom. The number of hydrogen-bond donors (Lipinski definition) is 1. The third kappa shape index (κ3) is 1.44. The molecule has 4 heteroatoms. The highest BCUT2D eigenvalue weighted by atomic mass is 16.5. The molecule has 0 unspecified atom stereocenters.